The number of para-hydroxylation sites is 1. The summed E-state index contributed by atoms with van der Waals surface area (Å²) < 4.78 is 5.79. The monoisotopic (exact) mass is 333 g/mol. The number of hydrazone groups is 1. The van der Waals surface area contributed by atoms with Crippen molar-refractivity contribution in [2.75, 3.05) is 6.61 Å². The molecule has 126 valence electrons. The Labute approximate surface area is 144 Å². The number of nitrogens with one attached hydrogen (secondary N) is 2. The van der Waals surface area contributed by atoms with E-state index in [1.165, 1.54) is 32.1 Å². The molecule has 1 aliphatic rings. The van der Waals surface area contributed by atoms with Gasteiger partial charge in [-0.05, 0) is 43.6 Å². The van der Waals surface area contributed by atoms with Crippen molar-refractivity contribution in [3.8, 4) is 5.75 Å². The van der Waals surface area contributed by atoms with Crippen molar-refractivity contribution in [2.24, 2.45) is 5.10 Å². The minimum Gasteiger partial charge on any atom is -0.493 e. The fourth-order valence-corrected chi connectivity index (χ4v) is 2.89. The topological polar surface area (TPSA) is 45.6 Å². The first-order valence-electron chi connectivity index (χ1n) is 8.61. The van der Waals surface area contributed by atoms with E-state index in [2.05, 4.69) is 22.8 Å². The molecular formula is C18H27N3OS. The van der Waals surface area contributed by atoms with Crippen LogP contribution in [0.2, 0.25) is 0 Å². The van der Waals surface area contributed by atoms with Gasteiger partial charge in [0.15, 0.2) is 5.11 Å². The number of hydrogen-bond acceptors (Lipinski definition) is 3. The summed E-state index contributed by atoms with van der Waals surface area (Å²) in [5, 5.41) is 8.17. The molecule has 1 aromatic rings. The second-order valence-electron chi connectivity index (χ2n) is 5.92. The lowest BCUT2D eigenvalue weighted by molar-refractivity contribution is 0.309. The van der Waals surface area contributed by atoms with E-state index < -0.39 is 0 Å². The second-order valence-corrected chi connectivity index (χ2v) is 6.33. The quantitative estimate of drug-likeness (QED) is 0.343. The summed E-state index contributed by atoms with van der Waals surface area (Å²) in [7, 11) is 0. The average molecular weight is 334 g/mol. The molecule has 0 aliphatic heterocycles. The van der Waals surface area contributed by atoms with E-state index in [1.807, 2.05) is 24.3 Å². The van der Waals surface area contributed by atoms with E-state index in [9.17, 15) is 0 Å². The molecule has 1 fully saturated rings. The number of nitrogens with zero attached hydrogens (tertiary/aromatic N) is 1. The number of unbranched alkanes of at least 4 members (excludes halogenated alkanes) is 1. The zero-order chi connectivity index (χ0) is 16.3. The highest BCUT2D eigenvalue weighted by atomic mass is 32.1. The number of ether oxygens (including phenoxy) is 1. The minimum absolute atomic E-state index is 0.489. The summed E-state index contributed by atoms with van der Waals surface area (Å²) in [6.07, 6.45) is 10.2. The SMILES string of the molecule is CCCCOc1ccccc1/C=N/NC(=S)NC1CCCCC1. The van der Waals surface area contributed by atoms with Gasteiger partial charge < -0.3 is 10.1 Å². The maximum atomic E-state index is 5.79. The average Bonchev–Trinajstić information content (AvgIpc) is 2.57. The van der Waals surface area contributed by atoms with Crippen LogP contribution >= 0.6 is 12.2 Å². The molecule has 0 unspecified atom stereocenters. The Bertz CT molecular complexity index is 513. The van der Waals surface area contributed by atoms with Gasteiger partial charge in [-0.2, -0.15) is 5.10 Å². The van der Waals surface area contributed by atoms with Gasteiger partial charge in [0.2, 0.25) is 0 Å². The lowest BCUT2D eigenvalue weighted by Gasteiger charge is -2.23. The Hall–Kier alpha value is -1.62. The molecule has 4 nitrogen and oxygen atoms in total. The predicted octanol–water partition coefficient (Wildman–Crippen LogP) is 4.00. The van der Waals surface area contributed by atoms with Crippen molar-refractivity contribution in [1.82, 2.24) is 10.7 Å². The van der Waals surface area contributed by atoms with Crippen LogP contribution in [0.15, 0.2) is 29.4 Å². The zero-order valence-corrected chi connectivity index (χ0v) is 14.7. The van der Waals surface area contributed by atoms with E-state index in [1.54, 1.807) is 6.21 Å². The van der Waals surface area contributed by atoms with E-state index in [4.69, 9.17) is 17.0 Å². The smallest absolute Gasteiger partial charge is 0.187 e. The van der Waals surface area contributed by atoms with Crippen LogP contribution in [0.3, 0.4) is 0 Å². The number of benzene rings is 1. The first-order chi connectivity index (χ1) is 11.3. The van der Waals surface area contributed by atoms with Crippen LogP contribution in [-0.2, 0) is 0 Å². The molecular weight excluding hydrogens is 306 g/mol. The first kappa shape index (κ1) is 17.7. The fourth-order valence-electron chi connectivity index (χ4n) is 2.67. The molecule has 0 atom stereocenters. The highest BCUT2D eigenvalue weighted by molar-refractivity contribution is 7.80. The predicted molar refractivity (Wildman–Crippen MR) is 100 cm³/mol. The van der Waals surface area contributed by atoms with Crippen LogP contribution in [0.25, 0.3) is 0 Å². The molecule has 1 aromatic carbocycles. The Morgan fingerprint density at radius 1 is 1.30 bits per heavy atom. The lowest BCUT2D eigenvalue weighted by atomic mass is 9.96. The third kappa shape index (κ3) is 6.57. The molecule has 1 aliphatic carbocycles. The standard InChI is InChI=1S/C18H27N3OS/c1-2-3-13-22-17-12-8-7-9-15(17)14-19-21-18(23)20-16-10-5-4-6-11-16/h7-9,12,14,16H,2-6,10-11,13H2,1H3,(H2,20,21,23)/b19-14+. The van der Waals surface area contributed by atoms with Crippen LogP contribution in [-0.4, -0.2) is 24.0 Å². The lowest BCUT2D eigenvalue weighted by Crippen LogP contribution is -2.40. The zero-order valence-electron chi connectivity index (χ0n) is 13.9. The number of thiocarbonyl (C=S) groups is 1. The maximum Gasteiger partial charge on any atom is 0.187 e. The molecule has 0 radical (unpaired) electrons. The van der Waals surface area contributed by atoms with Gasteiger partial charge in [0, 0.05) is 11.6 Å². The maximum absolute atomic E-state index is 5.79. The molecule has 0 bridgehead atoms. The van der Waals surface area contributed by atoms with Gasteiger partial charge in [0.1, 0.15) is 5.75 Å². The van der Waals surface area contributed by atoms with Crippen molar-refractivity contribution in [2.45, 2.75) is 57.9 Å². The third-order valence-corrected chi connectivity index (χ3v) is 4.19. The third-order valence-electron chi connectivity index (χ3n) is 3.98. The van der Waals surface area contributed by atoms with Gasteiger partial charge in [-0.3, -0.25) is 5.43 Å². The Morgan fingerprint density at radius 3 is 2.87 bits per heavy atom. The van der Waals surface area contributed by atoms with Crippen molar-refractivity contribution in [3.05, 3.63) is 29.8 Å². The second kappa shape index (κ2) is 10.2. The molecule has 0 spiro atoms. The van der Waals surface area contributed by atoms with Gasteiger partial charge in [-0.25, -0.2) is 0 Å². The Kier molecular flexibility index (Phi) is 7.87. The van der Waals surface area contributed by atoms with Crippen molar-refractivity contribution < 1.29 is 4.74 Å². The van der Waals surface area contributed by atoms with Crippen molar-refractivity contribution in [3.63, 3.8) is 0 Å². The summed E-state index contributed by atoms with van der Waals surface area (Å²) in [5.74, 6) is 0.859. The highest BCUT2D eigenvalue weighted by Crippen LogP contribution is 2.17. The Balaban J connectivity index is 1.81. The molecule has 23 heavy (non-hydrogen) atoms. The molecule has 0 heterocycles. The van der Waals surface area contributed by atoms with E-state index in [0.717, 1.165) is 30.8 Å². The van der Waals surface area contributed by atoms with Crippen LogP contribution in [0.5, 0.6) is 5.75 Å². The van der Waals surface area contributed by atoms with Gasteiger partial charge in [-0.15, -0.1) is 0 Å². The van der Waals surface area contributed by atoms with Gasteiger partial charge in [0.25, 0.3) is 0 Å². The van der Waals surface area contributed by atoms with E-state index in [-0.39, 0.29) is 0 Å². The van der Waals surface area contributed by atoms with Gasteiger partial charge >= 0.3 is 0 Å². The summed E-state index contributed by atoms with van der Waals surface area (Å²) >= 11 is 5.30. The molecule has 5 heteroatoms. The van der Waals surface area contributed by atoms with Crippen molar-refractivity contribution in [1.29, 1.82) is 0 Å². The Morgan fingerprint density at radius 2 is 2.09 bits per heavy atom. The first-order valence-corrected chi connectivity index (χ1v) is 9.02. The van der Waals surface area contributed by atoms with Crippen LogP contribution in [0.4, 0.5) is 0 Å². The molecule has 0 amide bonds. The minimum atomic E-state index is 0.489. The summed E-state index contributed by atoms with van der Waals surface area (Å²) in [6, 6.07) is 8.40. The van der Waals surface area contributed by atoms with E-state index >= 15 is 0 Å². The number of rotatable bonds is 7. The van der Waals surface area contributed by atoms with E-state index in [0.29, 0.717) is 11.2 Å². The van der Waals surface area contributed by atoms with Gasteiger partial charge in [-0.1, -0.05) is 44.7 Å². The molecule has 1 saturated carbocycles. The van der Waals surface area contributed by atoms with Crippen molar-refractivity contribution >= 4 is 23.5 Å². The van der Waals surface area contributed by atoms with Crippen LogP contribution < -0.4 is 15.5 Å². The molecule has 0 aromatic heterocycles. The molecule has 0 saturated heterocycles. The number of hydrogen-bond donors (Lipinski definition) is 2. The molecule has 2 rings (SSSR count). The van der Waals surface area contributed by atoms with Crippen LogP contribution in [0, 0.1) is 0 Å². The van der Waals surface area contributed by atoms with Crippen LogP contribution in [0.1, 0.15) is 57.4 Å². The van der Waals surface area contributed by atoms with Gasteiger partial charge in [0.05, 0.1) is 12.8 Å². The largest absolute Gasteiger partial charge is 0.493 e. The fraction of sp³-hybridized carbons (Fsp3) is 0.556. The highest BCUT2D eigenvalue weighted by Gasteiger charge is 2.13. The summed E-state index contributed by atoms with van der Waals surface area (Å²) in [5.41, 5.74) is 3.86. The summed E-state index contributed by atoms with van der Waals surface area (Å²) in [6.45, 7) is 2.89. The summed E-state index contributed by atoms with van der Waals surface area (Å²) in [4.78, 5) is 0. The molecule has 2 N–H and O–H groups in total. The normalized spacial score (nSPS) is 15.5.